The van der Waals surface area contributed by atoms with Crippen LogP contribution in [0.1, 0.15) is 48.9 Å². The molecule has 3 aliphatic heterocycles. The van der Waals surface area contributed by atoms with Gasteiger partial charge < -0.3 is 24.6 Å². The van der Waals surface area contributed by atoms with E-state index in [9.17, 15) is 4.79 Å². The van der Waals surface area contributed by atoms with Gasteiger partial charge in [-0.3, -0.25) is 4.79 Å². The van der Waals surface area contributed by atoms with Gasteiger partial charge in [0, 0.05) is 37.8 Å². The molecule has 1 N–H and O–H groups in total. The fourth-order valence-electron chi connectivity index (χ4n) is 4.74. The van der Waals surface area contributed by atoms with Crippen molar-refractivity contribution in [2.75, 3.05) is 46.4 Å². The quantitative estimate of drug-likeness (QED) is 0.794. The summed E-state index contributed by atoms with van der Waals surface area (Å²) in [6.45, 7) is 6.03. The lowest BCUT2D eigenvalue weighted by Gasteiger charge is -2.41. The van der Waals surface area contributed by atoms with Gasteiger partial charge in [-0.15, -0.1) is 0 Å². The van der Waals surface area contributed by atoms with Crippen LogP contribution in [0, 0.1) is 0 Å². The molecule has 3 fully saturated rings. The van der Waals surface area contributed by atoms with Gasteiger partial charge in [-0.25, -0.2) is 0 Å². The molecular formula is C23H35N3O3. The van der Waals surface area contributed by atoms with Gasteiger partial charge in [0.1, 0.15) is 11.9 Å². The molecule has 160 valence electrons. The largest absolute Gasteiger partial charge is 0.490 e. The first-order valence-electron chi connectivity index (χ1n) is 11.3. The van der Waals surface area contributed by atoms with Gasteiger partial charge in [-0.05, 0) is 76.9 Å². The van der Waals surface area contributed by atoms with Gasteiger partial charge in [0.25, 0.3) is 5.91 Å². The minimum absolute atomic E-state index is 0.0527. The zero-order chi connectivity index (χ0) is 20.1. The monoisotopic (exact) mass is 401 g/mol. The molecule has 3 heterocycles. The van der Waals surface area contributed by atoms with Crippen LogP contribution in [0.25, 0.3) is 0 Å². The lowest BCUT2D eigenvalue weighted by Crippen LogP contribution is -2.48. The predicted octanol–water partition coefficient (Wildman–Crippen LogP) is 2.53. The average Bonchev–Trinajstić information content (AvgIpc) is 3.27. The third kappa shape index (κ3) is 5.71. The molecule has 1 atom stereocenters. The smallest absolute Gasteiger partial charge is 0.251 e. The highest BCUT2D eigenvalue weighted by Gasteiger charge is 2.28. The molecule has 29 heavy (non-hydrogen) atoms. The normalized spacial score (nSPS) is 25.2. The first-order valence-corrected chi connectivity index (χ1v) is 11.3. The van der Waals surface area contributed by atoms with Gasteiger partial charge in [-0.1, -0.05) is 6.07 Å². The Morgan fingerprint density at radius 2 is 1.93 bits per heavy atom. The number of piperidine rings is 2. The third-order valence-electron chi connectivity index (χ3n) is 6.59. The molecule has 0 bridgehead atoms. The summed E-state index contributed by atoms with van der Waals surface area (Å²) in [4.78, 5) is 17.5. The zero-order valence-electron chi connectivity index (χ0n) is 17.6. The van der Waals surface area contributed by atoms with Crippen LogP contribution < -0.4 is 10.1 Å². The molecule has 3 saturated heterocycles. The maximum Gasteiger partial charge on any atom is 0.251 e. The van der Waals surface area contributed by atoms with Crippen molar-refractivity contribution >= 4 is 5.91 Å². The number of benzene rings is 1. The van der Waals surface area contributed by atoms with Crippen LogP contribution in [0.3, 0.4) is 0 Å². The second kappa shape index (κ2) is 9.92. The van der Waals surface area contributed by atoms with Crippen LogP contribution in [-0.2, 0) is 4.74 Å². The maximum absolute atomic E-state index is 12.5. The molecule has 1 aromatic rings. The topological polar surface area (TPSA) is 54.0 Å². The number of rotatable bonds is 6. The summed E-state index contributed by atoms with van der Waals surface area (Å²) < 4.78 is 11.8. The molecular weight excluding hydrogens is 366 g/mol. The van der Waals surface area contributed by atoms with Crippen molar-refractivity contribution in [2.45, 2.75) is 56.8 Å². The average molecular weight is 402 g/mol. The van der Waals surface area contributed by atoms with Gasteiger partial charge in [0.2, 0.25) is 0 Å². The highest BCUT2D eigenvalue weighted by molar-refractivity contribution is 5.94. The number of ether oxygens (including phenoxy) is 2. The molecule has 1 amide bonds. The van der Waals surface area contributed by atoms with E-state index in [4.69, 9.17) is 9.47 Å². The molecule has 6 nitrogen and oxygen atoms in total. The summed E-state index contributed by atoms with van der Waals surface area (Å²) in [5.41, 5.74) is 0.657. The summed E-state index contributed by atoms with van der Waals surface area (Å²) >= 11 is 0. The lowest BCUT2D eigenvalue weighted by molar-refractivity contribution is 0.0525. The summed E-state index contributed by atoms with van der Waals surface area (Å²) in [6, 6.07) is 8.32. The Morgan fingerprint density at radius 1 is 1.14 bits per heavy atom. The van der Waals surface area contributed by atoms with E-state index in [0.29, 0.717) is 12.1 Å². The molecule has 0 radical (unpaired) electrons. The SMILES string of the molecule is CN1CCC(N2CCC(Oc3cccc(C(=O)NCC4CCCO4)c3)CC2)CC1. The number of hydrogen-bond acceptors (Lipinski definition) is 5. The Kier molecular flexibility index (Phi) is 7.06. The predicted molar refractivity (Wildman–Crippen MR) is 113 cm³/mol. The van der Waals surface area contributed by atoms with Gasteiger partial charge >= 0.3 is 0 Å². The molecule has 0 saturated carbocycles. The molecule has 6 heteroatoms. The molecule has 0 aromatic heterocycles. The van der Waals surface area contributed by atoms with Crippen LogP contribution in [0.2, 0.25) is 0 Å². The van der Waals surface area contributed by atoms with Crippen LogP contribution in [0.5, 0.6) is 5.75 Å². The van der Waals surface area contributed by atoms with Gasteiger partial charge in [0.15, 0.2) is 0 Å². The maximum atomic E-state index is 12.5. The number of carbonyl (C=O) groups is 1. The first-order chi connectivity index (χ1) is 14.2. The van der Waals surface area contributed by atoms with Crippen molar-refractivity contribution in [1.82, 2.24) is 15.1 Å². The lowest BCUT2D eigenvalue weighted by atomic mass is 9.99. The molecule has 0 spiro atoms. The second-order valence-corrected chi connectivity index (χ2v) is 8.76. The third-order valence-corrected chi connectivity index (χ3v) is 6.59. The van der Waals surface area contributed by atoms with E-state index in [2.05, 4.69) is 22.2 Å². The number of nitrogens with one attached hydrogen (secondary N) is 1. The minimum Gasteiger partial charge on any atom is -0.490 e. The van der Waals surface area contributed by atoms with Crippen LogP contribution >= 0.6 is 0 Å². The van der Waals surface area contributed by atoms with E-state index in [1.165, 1.54) is 25.9 Å². The highest BCUT2D eigenvalue weighted by Crippen LogP contribution is 2.24. The summed E-state index contributed by atoms with van der Waals surface area (Å²) in [6.07, 6.45) is 7.19. The van der Waals surface area contributed by atoms with Crippen LogP contribution in [0.4, 0.5) is 0 Å². The molecule has 1 unspecified atom stereocenters. The van der Waals surface area contributed by atoms with Crippen molar-refractivity contribution in [3.05, 3.63) is 29.8 Å². The summed E-state index contributed by atoms with van der Waals surface area (Å²) in [7, 11) is 2.22. The zero-order valence-corrected chi connectivity index (χ0v) is 17.6. The van der Waals surface area contributed by atoms with E-state index in [0.717, 1.165) is 57.2 Å². The number of likely N-dealkylation sites (tertiary alicyclic amines) is 2. The number of hydrogen-bond donors (Lipinski definition) is 1. The minimum atomic E-state index is -0.0527. The Labute approximate surface area is 174 Å². The van der Waals surface area contributed by atoms with Crippen LogP contribution in [0.15, 0.2) is 24.3 Å². The van der Waals surface area contributed by atoms with E-state index in [-0.39, 0.29) is 18.1 Å². The Balaban J connectivity index is 1.23. The van der Waals surface area contributed by atoms with Crippen molar-refractivity contribution < 1.29 is 14.3 Å². The molecule has 3 aliphatic rings. The number of carbonyl (C=O) groups excluding carboxylic acids is 1. The molecule has 0 aliphatic carbocycles. The standard InChI is InChI=1S/C23H35N3O3/c1-25-11-7-19(8-12-25)26-13-9-20(10-14-26)29-21-5-2-4-18(16-21)23(27)24-17-22-6-3-15-28-22/h2,4-5,16,19-20,22H,3,6-15,17H2,1H3,(H,24,27). The highest BCUT2D eigenvalue weighted by atomic mass is 16.5. The summed E-state index contributed by atoms with van der Waals surface area (Å²) in [5, 5.41) is 2.99. The van der Waals surface area contributed by atoms with Crippen molar-refractivity contribution in [3.8, 4) is 5.75 Å². The van der Waals surface area contributed by atoms with E-state index in [1.807, 2.05) is 24.3 Å². The summed E-state index contributed by atoms with van der Waals surface area (Å²) in [5.74, 6) is 0.746. The van der Waals surface area contributed by atoms with Crippen molar-refractivity contribution in [1.29, 1.82) is 0 Å². The first kappa shape index (κ1) is 20.6. The fraction of sp³-hybridized carbons (Fsp3) is 0.696. The van der Waals surface area contributed by atoms with E-state index < -0.39 is 0 Å². The van der Waals surface area contributed by atoms with Gasteiger partial charge in [0.05, 0.1) is 6.10 Å². The van der Waals surface area contributed by atoms with Crippen LogP contribution in [-0.4, -0.2) is 80.3 Å². The molecule has 4 rings (SSSR count). The second-order valence-electron chi connectivity index (χ2n) is 8.76. The number of nitrogens with zero attached hydrogens (tertiary/aromatic N) is 2. The van der Waals surface area contributed by atoms with E-state index in [1.54, 1.807) is 0 Å². The fourth-order valence-corrected chi connectivity index (χ4v) is 4.74. The van der Waals surface area contributed by atoms with Crippen molar-refractivity contribution in [3.63, 3.8) is 0 Å². The Morgan fingerprint density at radius 3 is 2.66 bits per heavy atom. The molecule has 1 aromatic carbocycles. The van der Waals surface area contributed by atoms with E-state index >= 15 is 0 Å². The number of amides is 1. The van der Waals surface area contributed by atoms with Gasteiger partial charge in [-0.2, -0.15) is 0 Å². The Hall–Kier alpha value is -1.63. The van der Waals surface area contributed by atoms with Crippen molar-refractivity contribution in [2.24, 2.45) is 0 Å². The Bertz CT molecular complexity index is 661.